The van der Waals surface area contributed by atoms with Crippen LogP contribution < -0.4 is 10.1 Å². The molecular weight excluding hydrogens is 268 g/mol. The zero-order valence-electron chi connectivity index (χ0n) is 11.7. The lowest BCUT2D eigenvalue weighted by atomic mass is 10.2. The highest BCUT2D eigenvalue weighted by Crippen LogP contribution is 2.26. The molecular formula is C15H14N4O2. The molecule has 0 aliphatic carbocycles. The summed E-state index contributed by atoms with van der Waals surface area (Å²) in [5.74, 6) is 0.346. The average molecular weight is 282 g/mol. The molecule has 6 nitrogen and oxygen atoms in total. The molecule has 0 saturated carbocycles. The molecule has 106 valence electrons. The van der Waals surface area contributed by atoms with Crippen molar-refractivity contribution in [2.45, 2.75) is 6.92 Å². The Morgan fingerprint density at radius 1 is 1.38 bits per heavy atom. The molecule has 0 bridgehead atoms. The van der Waals surface area contributed by atoms with Crippen LogP contribution >= 0.6 is 0 Å². The van der Waals surface area contributed by atoms with Gasteiger partial charge in [-0.25, -0.2) is 9.50 Å². The van der Waals surface area contributed by atoms with Crippen molar-refractivity contribution in [2.75, 3.05) is 12.4 Å². The number of hydrogen-bond acceptors (Lipinski definition) is 4. The Bertz CT molecular complexity index is 810. The number of ether oxygens (including phenoxy) is 1. The topological polar surface area (TPSA) is 68.5 Å². The van der Waals surface area contributed by atoms with E-state index in [2.05, 4.69) is 15.4 Å². The number of nitrogens with one attached hydrogen (secondary N) is 1. The van der Waals surface area contributed by atoms with Gasteiger partial charge in [-0.15, -0.1) is 0 Å². The summed E-state index contributed by atoms with van der Waals surface area (Å²) in [7, 11) is 1.57. The molecule has 21 heavy (non-hydrogen) atoms. The van der Waals surface area contributed by atoms with E-state index in [1.807, 2.05) is 25.1 Å². The van der Waals surface area contributed by atoms with Gasteiger partial charge in [0.2, 0.25) is 0 Å². The molecule has 6 heteroatoms. The third-order valence-electron chi connectivity index (χ3n) is 3.13. The SMILES string of the molecule is COc1cc(C)ccc1NC(=O)c1cnn2cccnc12. The van der Waals surface area contributed by atoms with Crippen LogP contribution in [0.15, 0.2) is 42.9 Å². The molecule has 0 saturated heterocycles. The van der Waals surface area contributed by atoms with Crippen molar-refractivity contribution < 1.29 is 9.53 Å². The Morgan fingerprint density at radius 3 is 3.05 bits per heavy atom. The lowest BCUT2D eigenvalue weighted by molar-refractivity contribution is 0.102. The lowest BCUT2D eigenvalue weighted by Crippen LogP contribution is -2.12. The maximum atomic E-state index is 12.4. The fraction of sp³-hybridized carbons (Fsp3) is 0.133. The summed E-state index contributed by atoms with van der Waals surface area (Å²) >= 11 is 0. The van der Waals surface area contributed by atoms with Gasteiger partial charge in [-0.3, -0.25) is 4.79 Å². The van der Waals surface area contributed by atoms with Crippen LogP contribution in [0.25, 0.3) is 5.65 Å². The fourth-order valence-electron chi connectivity index (χ4n) is 2.08. The molecule has 3 aromatic rings. The van der Waals surface area contributed by atoms with E-state index < -0.39 is 0 Å². The van der Waals surface area contributed by atoms with Gasteiger partial charge >= 0.3 is 0 Å². The Morgan fingerprint density at radius 2 is 2.24 bits per heavy atom. The number of methoxy groups -OCH3 is 1. The number of amides is 1. The molecule has 3 rings (SSSR count). The van der Waals surface area contributed by atoms with Gasteiger partial charge in [0.05, 0.1) is 19.0 Å². The Labute approximate surface area is 121 Å². The minimum atomic E-state index is -0.272. The minimum Gasteiger partial charge on any atom is -0.495 e. The molecule has 0 atom stereocenters. The van der Waals surface area contributed by atoms with E-state index in [1.54, 1.807) is 30.1 Å². The molecule has 0 aliphatic rings. The van der Waals surface area contributed by atoms with Crippen molar-refractivity contribution in [3.8, 4) is 5.75 Å². The maximum Gasteiger partial charge on any atom is 0.261 e. The molecule has 0 aliphatic heterocycles. The summed E-state index contributed by atoms with van der Waals surface area (Å²) in [4.78, 5) is 16.6. The number of carbonyl (C=O) groups is 1. The Hall–Kier alpha value is -2.89. The highest BCUT2D eigenvalue weighted by molar-refractivity contribution is 6.08. The van der Waals surface area contributed by atoms with E-state index >= 15 is 0 Å². The normalized spacial score (nSPS) is 10.6. The molecule has 0 fully saturated rings. The van der Waals surface area contributed by atoms with Crippen LogP contribution in [0, 0.1) is 6.92 Å². The molecule has 1 aromatic carbocycles. The number of aromatic nitrogens is 3. The molecule has 1 N–H and O–H groups in total. The van der Waals surface area contributed by atoms with E-state index in [9.17, 15) is 4.79 Å². The number of rotatable bonds is 3. The van der Waals surface area contributed by atoms with Crippen LogP contribution in [0.4, 0.5) is 5.69 Å². The van der Waals surface area contributed by atoms with Gasteiger partial charge in [0.1, 0.15) is 11.3 Å². The van der Waals surface area contributed by atoms with E-state index in [0.29, 0.717) is 22.6 Å². The largest absolute Gasteiger partial charge is 0.495 e. The third-order valence-corrected chi connectivity index (χ3v) is 3.13. The molecule has 0 radical (unpaired) electrons. The van der Waals surface area contributed by atoms with Crippen LogP contribution in [0.5, 0.6) is 5.75 Å². The van der Waals surface area contributed by atoms with Crippen molar-refractivity contribution in [2.24, 2.45) is 0 Å². The third kappa shape index (κ3) is 2.43. The van der Waals surface area contributed by atoms with Gasteiger partial charge in [0, 0.05) is 12.4 Å². The first kappa shape index (κ1) is 13.1. The molecule has 2 heterocycles. The first-order valence-corrected chi connectivity index (χ1v) is 6.43. The van der Waals surface area contributed by atoms with Crippen molar-refractivity contribution in [1.29, 1.82) is 0 Å². The standard InChI is InChI=1S/C15H14N4O2/c1-10-4-5-12(13(8-10)21-2)18-15(20)11-9-17-19-7-3-6-16-14(11)19/h3-9H,1-2H3,(H,18,20). The van der Waals surface area contributed by atoms with Gasteiger partial charge in [-0.2, -0.15) is 5.10 Å². The number of anilines is 1. The van der Waals surface area contributed by atoms with E-state index in [0.717, 1.165) is 5.56 Å². The van der Waals surface area contributed by atoms with Crippen molar-refractivity contribution >= 4 is 17.2 Å². The molecule has 2 aromatic heterocycles. The highest BCUT2D eigenvalue weighted by atomic mass is 16.5. The van der Waals surface area contributed by atoms with Crippen molar-refractivity contribution in [1.82, 2.24) is 14.6 Å². The van der Waals surface area contributed by atoms with E-state index in [1.165, 1.54) is 6.20 Å². The molecule has 1 amide bonds. The monoisotopic (exact) mass is 282 g/mol. The predicted molar refractivity (Wildman–Crippen MR) is 78.7 cm³/mol. The van der Waals surface area contributed by atoms with Crippen LogP contribution in [-0.4, -0.2) is 27.6 Å². The zero-order chi connectivity index (χ0) is 14.8. The Balaban J connectivity index is 1.93. The summed E-state index contributed by atoms with van der Waals surface area (Å²) in [6, 6.07) is 7.34. The Kier molecular flexibility index (Phi) is 3.27. The smallest absolute Gasteiger partial charge is 0.261 e. The maximum absolute atomic E-state index is 12.4. The first-order chi connectivity index (χ1) is 10.2. The van der Waals surface area contributed by atoms with Crippen LogP contribution in [0.3, 0.4) is 0 Å². The average Bonchev–Trinajstić information content (AvgIpc) is 2.93. The predicted octanol–water partition coefficient (Wildman–Crippen LogP) is 2.30. The van der Waals surface area contributed by atoms with Gasteiger partial charge in [0.15, 0.2) is 5.65 Å². The fourth-order valence-corrected chi connectivity index (χ4v) is 2.08. The number of carbonyl (C=O) groups excluding carboxylic acids is 1. The van der Waals surface area contributed by atoms with Gasteiger partial charge in [-0.1, -0.05) is 6.07 Å². The van der Waals surface area contributed by atoms with E-state index in [4.69, 9.17) is 4.74 Å². The van der Waals surface area contributed by atoms with Gasteiger partial charge < -0.3 is 10.1 Å². The van der Waals surface area contributed by atoms with Crippen LogP contribution in [0.1, 0.15) is 15.9 Å². The summed E-state index contributed by atoms with van der Waals surface area (Å²) in [6.45, 7) is 1.96. The highest BCUT2D eigenvalue weighted by Gasteiger charge is 2.15. The van der Waals surface area contributed by atoms with E-state index in [-0.39, 0.29) is 5.91 Å². The summed E-state index contributed by atoms with van der Waals surface area (Å²) in [5, 5.41) is 6.93. The second kappa shape index (κ2) is 5.24. The van der Waals surface area contributed by atoms with Gasteiger partial charge in [0.25, 0.3) is 5.91 Å². The van der Waals surface area contributed by atoms with Crippen molar-refractivity contribution in [3.63, 3.8) is 0 Å². The number of fused-ring (bicyclic) bond motifs is 1. The van der Waals surface area contributed by atoms with Crippen molar-refractivity contribution in [3.05, 3.63) is 54.0 Å². The zero-order valence-corrected chi connectivity index (χ0v) is 11.7. The molecule has 0 spiro atoms. The second-order valence-electron chi connectivity index (χ2n) is 4.60. The summed E-state index contributed by atoms with van der Waals surface area (Å²) in [5.41, 5.74) is 2.60. The quantitative estimate of drug-likeness (QED) is 0.800. The van der Waals surface area contributed by atoms with Crippen LogP contribution in [0.2, 0.25) is 0 Å². The van der Waals surface area contributed by atoms with Crippen LogP contribution in [-0.2, 0) is 0 Å². The minimum absolute atomic E-state index is 0.272. The van der Waals surface area contributed by atoms with Gasteiger partial charge in [-0.05, 0) is 30.7 Å². The lowest BCUT2D eigenvalue weighted by Gasteiger charge is -2.10. The molecule has 0 unspecified atom stereocenters. The number of benzene rings is 1. The number of aryl methyl sites for hydroxylation is 1. The summed E-state index contributed by atoms with van der Waals surface area (Å²) in [6.07, 6.45) is 4.87. The number of nitrogens with zero attached hydrogens (tertiary/aromatic N) is 3. The summed E-state index contributed by atoms with van der Waals surface area (Å²) < 4.78 is 6.84. The second-order valence-corrected chi connectivity index (χ2v) is 4.60. The number of hydrogen-bond donors (Lipinski definition) is 1. The first-order valence-electron chi connectivity index (χ1n) is 6.43.